The van der Waals surface area contributed by atoms with Crippen molar-refractivity contribution in [1.29, 1.82) is 0 Å². The lowest BCUT2D eigenvalue weighted by molar-refractivity contribution is -0.268. The molecule has 1 aromatic heterocycles. The summed E-state index contributed by atoms with van der Waals surface area (Å²) in [6.45, 7) is 2.52. The molecule has 2 heterocycles. The Morgan fingerprint density at radius 3 is 2.40 bits per heavy atom. The predicted molar refractivity (Wildman–Crippen MR) is 155 cm³/mol. The van der Waals surface area contributed by atoms with Crippen molar-refractivity contribution in [2.45, 2.75) is 43.6 Å². The number of nitrogens with two attached hydrogens (primary N) is 1. The van der Waals surface area contributed by atoms with E-state index in [0.29, 0.717) is 17.3 Å². The maximum atomic E-state index is 11.7. The number of aliphatic hydroxyl groups is 1. The Balaban J connectivity index is 1.45. The fourth-order valence-corrected chi connectivity index (χ4v) is 6.03. The molecule has 1 fully saturated rings. The predicted octanol–water partition coefficient (Wildman–Crippen LogP) is 5.98. The number of benzene rings is 3. The molecule has 206 valence electrons. The van der Waals surface area contributed by atoms with Crippen LogP contribution in [0.25, 0.3) is 11.1 Å². The summed E-state index contributed by atoms with van der Waals surface area (Å²) in [6, 6.07) is 27.2. The minimum atomic E-state index is -1.01. The van der Waals surface area contributed by atoms with Crippen LogP contribution in [0.3, 0.4) is 0 Å². The minimum Gasteiger partial charge on any atom is -0.478 e. The van der Waals surface area contributed by atoms with Gasteiger partial charge in [-0.05, 0) is 52.1 Å². The number of aromatic carboxylic acids is 1. The standard InChI is InChI=1S/C32H32N2O5S/c1-20-28(19-40-30-27(31(36)37)9-4-14-34-30)38-32(39-29(20)23-12-10-21(18-35)11-13-23)26-8-3-7-25(16-26)24-6-2-5-22(15-24)17-33/h2-16,20,28-29,32,35H,17-19,33H2,1H3,(H,36,37). The zero-order valence-electron chi connectivity index (χ0n) is 22.1. The third kappa shape index (κ3) is 6.27. The number of aromatic nitrogens is 1. The van der Waals surface area contributed by atoms with Gasteiger partial charge in [-0.2, -0.15) is 0 Å². The highest BCUT2D eigenvalue weighted by atomic mass is 32.2. The van der Waals surface area contributed by atoms with E-state index in [9.17, 15) is 15.0 Å². The number of hydrogen-bond acceptors (Lipinski definition) is 7. The van der Waals surface area contributed by atoms with Crippen LogP contribution in [0.1, 0.15) is 51.9 Å². The van der Waals surface area contributed by atoms with Crippen molar-refractivity contribution in [1.82, 2.24) is 4.98 Å². The van der Waals surface area contributed by atoms with Gasteiger partial charge >= 0.3 is 5.97 Å². The molecule has 1 aliphatic rings. The van der Waals surface area contributed by atoms with Crippen molar-refractivity contribution in [2.24, 2.45) is 11.7 Å². The van der Waals surface area contributed by atoms with E-state index in [2.05, 4.69) is 36.2 Å². The highest BCUT2D eigenvalue weighted by Crippen LogP contribution is 2.43. The quantitative estimate of drug-likeness (QED) is 0.216. The second-order valence-electron chi connectivity index (χ2n) is 9.82. The molecule has 3 aromatic carbocycles. The van der Waals surface area contributed by atoms with E-state index in [1.165, 1.54) is 11.8 Å². The van der Waals surface area contributed by atoms with E-state index in [4.69, 9.17) is 15.2 Å². The Morgan fingerprint density at radius 1 is 0.925 bits per heavy atom. The fourth-order valence-electron chi connectivity index (χ4n) is 4.88. The van der Waals surface area contributed by atoms with E-state index in [1.54, 1.807) is 18.3 Å². The van der Waals surface area contributed by atoms with Crippen molar-refractivity contribution in [2.75, 3.05) is 5.75 Å². The molecule has 0 bridgehead atoms. The molecule has 0 spiro atoms. The van der Waals surface area contributed by atoms with Gasteiger partial charge in [-0.25, -0.2) is 9.78 Å². The Labute approximate surface area is 238 Å². The minimum absolute atomic E-state index is 0.0273. The zero-order chi connectivity index (χ0) is 28.1. The molecule has 40 heavy (non-hydrogen) atoms. The van der Waals surface area contributed by atoms with Gasteiger partial charge in [-0.1, -0.05) is 67.6 Å². The van der Waals surface area contributed by atoms with Crippen molar-refractivity contribution in [3.8, 4) is 11.1 Å². The number of carboxylic acid groups (broad SMARTS) is 1. The first-order valence-corrected chi connectivity index (χ1v) is 14.2. The number of aliphatic hydroxyl groups excluding tert-OH is 1. The van der Waals surface area contributed by atoms with E-state index < -0.39 is 12.3 Å². The summed E-state index contributed by atoms with van der Waals surface area (Å²) in [6.07, 6.45) is 0.440. The molecule has 4 aromatic rings. The number of hydrogen-bond donors (Lipinski definition) is 3. The lowest BCUT2D eigenvalue weighted by atomic mass is 9.91. The topological polar surface area (TPSA) is 115 Å². The van der Waals surface area contributed by atoms with Gasteiger partial charge in [-0.15, -0.1) is 11.8 Å². The highest BCUT2D eigenvalue weighted by Gasteiger charge is 2.38. The summed E-state index contributed by atoms with van der Waals surface area (Å²) >= 11 is 1.37. The molecule has 0 aliphatic carbocycles. The van der Waals surface area contributed by atoms with Crippen molar-refractivity contribution in [3.63, 3.8) is 0 Å². The normalized spacial score (nSPS) is 20.8. The average molecular weight is 557 g/mol. The van der Waals surface area contributed by atoms with Gasteiger partial charge < -0.3 is 25.4 Å². The van der Waals surface area contributed by atoms with Gasteiger partial charge in [0, 0.05) is 30.0 Å². The SMILES string of the molecule is CC1C(CSc2ncccc2C(=O)O)OC(c2cccc(-c3cccc(CN)c3)c2)OC1c1ccc(CO)cc1. The number of pyridine rings is 1. The largest absolute Gasteiger partial charge is 0.478 e. The summed E-state index contributed by atoms with van der Waals surface area (Å²) in [4.78, 5) is 16.0. The van der Waals surface area contributed by atoms with Crippen LogP contribution in [0.4, 0.5) is 0 Å². The first-order chi connectivity index (χ1) is 19.5. The van der Waals surface area contributed by atoms with Gasteiger partial charge in [0.1, 0.15) is 5.03 Å². The molecule has 7 nitrogen and oxygen atoms in total. The van der Waals surface area contributed by atoms with Crippen molar-refractivity contribution >= 4 is 17.7 Å². The van der Waals surface area contributed by atoms with E-state index in [0.717, 1.165) is 33.4 Å². The Hall–Kier alpha value is -3.53. The molecule has 1 saturated heterocycles. The first kappa shape index (κ1) is 28.0. The summed E-state index contributed by atoms with van der Waals surface area (Å²) in [7, 11) is 0. The van der Waals surface area contributed by atoms with E-state index in [-0.39, 0.29) is 30.3 Å². The molecule has 0 amide bonds. The molecule has 0 radical (unpaired) electrons. The van der Waals surface area contributed by atoms with Gasteiger partial charge in [0.15, 0.2) is 6.29 Å². The number of carbonyl (C=O) groups is 1. The van der Waals surface area contributed by atoms with Gasteiger partial charge in [0.2, 0.25) is 0 Å². The van der Waals surface area contributed by atoms with E-state index >= 15 is 0 Å². The fraction of sp³-hybridized carbons (Fsp3) is 0.250. The number of rotatable bonds is 9. The lowest BCUT2D eigenvalue weighted by Crippen LogP contribution is -2.38. The third-order valence-corrected chi connectivity index (χ3v) is 8.26. The number of ether oxygens (including phenoxy) is 2. The first-order valence-electron chi connectivity index (χ1n) is 13.2. The molecule has 1 aliphatic heterocycles. The summed E-state index contributed by atoms with van der Waals surface area (Å²) in [5.74, 6) is -0.543. The van der Waals surface area contributed by atoms with Crippen LogP contribution in [0, 0.1) is 5.92 Å². The van der Waals surface area contributed by atoms with Crippen LogP contribution in [0.2, 0.25) is 0 Å². The molecular formula is C32H32N2O5S. The summed E-state index contributed by atoms with van der Waals surface area (Å²) < 4.78 is 13.2. The summed E-state index contributed by atoms with van der Waals surface area (Å²) in [5.41, 5.74) is 11.9. The maximum Gasteiger partial charge on any atom is 0.338 e. The van der Waals surface area contributed by atoms with E-state index in [1.807, 2.05) is 48.5 Å². The van der Waals surface area contributed by atoms with Crippen LogP contribution < -0.4 is 5.73 Å². The molecule has 0 saturated carbocycles. The van der Waals surface area contributed by atoms with Crippen molar-refractivity contribution < 1.29 is 24.5 Å². The van der Waals surface area contributed by atoms with Crippen LogP contribution in [0.15, 0.2) is 96.2 Å². The second kappa shape index (κ2) is 12.8. The number of nitrogens with zero attached hydrogens (tertiary/aromatic N) is 1. The smallest absolute Gasteiger partial charge is 0.338 e. The molecule has 4 atom stereocenters. The van der Waals surface area contributed by atoms with Crippen LogP contribution in [-0.2, 0) is 22.6 Å². The average Bonchev–Trinajstić information content (AvgIpc) is 3.00. The number of carboxylic acids is 1. The molecule has 8 heteroatoms. The summed E-state index contributed by atoms with van der Waals surface area (Å²) in [5, 5.41) is 19.6. The monoisotopic (exact) mass is 556 g/mol. The Kier molecular flexibility index (Phi) is 8.94. The van der Waals surface area contributed by atoms with Crippen LogP contribution >= 0.6 is 11.8 Å². The Bertz CT molecular complexity index is 1460. The molecule has 4 unspecified atom stereocenters. The van der Waals surface area contributed by atoms with Crippen LogP contribution in [0.5, 0.6) is 0 Å². The maximum absolute atomic E-state index is 11.7. The van der Waals surface area contributed by atoms with Gasteiger partial charge in [0.05, 0.1) is 24.4 Å². The zero-order valence-corrected chi connectivity index (χ0v) is 23.0. The molecule has 4 N–H and O–H groups in total. The molecular weight excluding hydrogens is 524 g/mol. The third-order valence-electron chi connectivity index (χ3n) is 7.16. The van der Waals surface area contributed by atoms with Gasteiger partial charge in [-0.3, -0.25) is 0 Å². The van der Waals surface area contributed by atoms with Crippen LogP contribution in [-0.4, -0.2) is 33.0 Å². The van der Waals surface area contributed by atoms with Gasteiger partial charge in [0.25, 0.3) is 0 Å². The molecule has 5 rings (SSSR count). The Morgan fingerprint density at radius 2 is 1.68 bits per heavy atom. The highest BCUT2D eigenvalue weighted by molar-refractivity contribution is 7.99. The number of thioether (sulfide) groups is 1. The van der Waals surface area contributed by atoms with Crippen molar-refractivity contribution in [3.05, 3.63) is 119 Å². The lowest BCUT2D eigenvalue weighted by Gasteiger charge is -2.41. The second-order valence-corrected chi connectivity index (χ2v) is 10.8.